The van der Waals surface area contributed by atoms with Crippen molar-refractivity contribution in [2.75, 3.05) is 13.1 Å². The summed E-state index contributed by atoms with van der Waals surface area (Å²) in [5.41, 5.74) is 8.94. The molecule has 23 heavy (non-hydrogen) atoms. The molecule has 1 amide bonds. The summed E-state index contributed by atoms with van der Waals surface area (Å²) in [6.07, 6.45) is 3.08. The molecule has 0 aliphatic carbocycles. The molecule has 0 bridgehead atoms. The van der Waals surface area contributed by atoms with Gasteiger partial charge in [-0.15, -0.1) is 0 Å². The molecule has 0 fully saturated rings. The van der Waals surface area contributed by atoms with Crippen LogP contribution in [-0.4, -0.2) is 29.9 Å². The van der Waals surface area contributed by atoms with Gasteiger partial charge < -0.3 is 5.43 Å². The molecule has 4 nitrogen and oxygen atoms in total. The minimum absolute atomic E-state index is 0.0994. The Morgan fingerprint density at radius 2 is 1.83 bits per heavy atom. The van der Waals surface area contributed by atoms with Crippen molar-refractivity contribution in [3.63, 3.8) is 0 Å². The molecule has 0 atom stereocenters. The van der Waals surface area contributed by atoms with E-state index in [0.717, 1.165) is 25.2 Å². The van der Waals surface area contributed by atoms with Crippen molar-refractivity contribution in [1.29, 1.82) is 0 Å². The predicted molar refractivity (Wildman–Crippen MR) is 95.2 cm³/mol. The Kier molecular flexibility index (Phi) is 5.47. The number of carbonyl (C=O) groups is 1. The van der Waals surface area contributed by atoms with Gasteiger partial charge in [0.15, 0.2) is 0 Å². The number of carbonyl (C=O) groups excluding carboxylic acids is 1. The number of rotatable bonds is 4. The summed E-state index contributed by atoms with van der Waals surface area (Å²) < 4.78 is 0. The zero-order valence-electron chi connectivity index (χ0n) is 14.9. The second-order valence-electron chi connectivity index (χ2n) is 7.47. The number of hydrazine groups is 1. The molecule has 0 aromatic heterocycles. The van der Waals surface area contributed by atoms with Crippen LogP contribution in [-0.2, 0) is 5.41 Å². The van der Waals surface area contributed by atoms with E-state index in [4.69, 9.17) is 0 Å². The van der Waals surface area contributed by atoms with Crippen LogP contribution < -0.4 is 10.9 Å². The molecule has 0 unspecified atom stereocenters. The Labute approximate surface area is 139 Å². The lowest BCUT2D eigenvalue weighted by atomic mass is 9.87. The van der Waals surface area contributed by atoms with Gasteiger partial charge in [-0.2, -0.15) is 0 Å². The Morgan fingerprint density at radius 3 is 2.30 bits per heavy atom. The summed E-state index contributed by atoms with van der Waals surface area (Å²) in [7, 11) is 0. The number of nitrogens with one attached hydrogen (secondary N) is 2. The quantitative estimate of drug-likeness (QED) is 0.839. The molecule has 1 aromatic carbocycles. The maximum atomic E-state index is 12.2. The maximum absolute atomic E-state index is 12.2. The van der Waals surface area contributed by atoms with E-state index in [1.54, 1.807) is 0 Å². The smallest absolute Gasteiger partial charge is 0.269 e. The SMILES string of the molecule is CC(C)N1CC=C(NNC(=O)c2ccc(C(C)(C)C)cc2)CC1. The van der Waals surface area contributed by atoms with E-state index in [-0.39, 0.29) is 11.3 Å². The Bertz CT molecular complexity index is 567. The summed E-state index contributed by atoms with van der Waals surface area (Å²) in [5, 5.41) is 0. The largest absolute Gasteiger partial charge is 0.303 e. The highest BCUT2D eigenvalue weighted by atomic mass is 16.2. The van der Waals surface area contributed by atoms with Crippen molar-refractivity contribution in [2.24, 2.45) is 0 Å². The molecule has 1 aliphatic heterocycles. The first-order chi connectivity index (χ1) is 10.8. The van der Waals surface area contributed by atoms with Crippen molar-refractivity contribution in [2.45, 2.75) is 52.5 Å². The molecule has 0 spiro atoms. The van der Waals surface area contributed by atoms with Crippen molar-refractivity contribution < 1.29 is 4.79 Å². The van der Waals surface area contributed by atoms with Gasteiger partial charge >= 0.3 is 0 Å². The van der Waals surface area contributed by atoms with Gasteiger partial charge in [-0.05, 0) is 43.0 Å². The lowest BCUT2D eigenvalue weighted by Crippen LogP contribution is -2.41. The molecule has 0 radical (unpaired) electrons. The van der Waals surface area contributed by atoms with Crippen LogP contribution in [0.15, 0.2) is 36.0 Å². The summed E-state index contributed by atoms with van der Waals surface area (Å²) in [4.78, 5) is 14.6. The van der Waals surface area contributed by atoms with Crippen LogP contribution in [0.4, 0.5) is 0 Å². The summed E-state index contributed by atoms with van der Waals surface area (Å²) in [6.45, 7) is 12.9. The lowest BCUT2D eigenvalue weighted by Gasteiger charge is -2.29. The van der Waals surface area contributed by atoms with Gasteiger partial charge in [0, 0.05) is 36.8 Å². The monoisotopic (exact) mass is 315 g/mol. The van der Waals surface area contributed by atoms with E-state index in [9.17, 15) is 4.79 Å². The van der Waals surface area contributed by atoms with Crippen LogP contribution in [0.3, 0.4) is 0 Å². The molecule has 1 aliphatic rings. The van der Waals surface area contributed by atoms with Crippen LogP contribution in [0.2, 0.25) is 0 Å². The van der Waals surface area contributed by atoms with Crippen LogP contribution in [0.1, 0.15) is 57.0 Å². The average Bonchev–Trinajstić information content (AvgIpc) is 2.52. The third-order valence-corrected chi connectivity index (χ3v) is 4.32. The van der Waals surface area contributed by atoms with E-state index >= 15 is 0 Å². The second kappa shape index (κ2) is 7.18. The zero-order chi connectivity index (χ0) is 17.0. The predicted octanol–water partition coefficient (Wildman–Crippen LogP) is 3.22. The first kappa shape index (κ1) is 17.5. The van der Waals surface area contributed by atoms with E-state index in [1.807, 2.05) is 24.3 Å². The van der Waals surface area contributed by atoms with E-state index in [0.29, 0.717) is 11.6 Å². The van der Waals surface area contributed by atoms with Crippen LogP contribution in [0.25, 0.3) is 0 Å². The molecule has 1 heterocycles. The van der Waals surface area contributed by atoms with Gasteiger partial charge in [-0.3, -0.25) is 15.1 Å². The molecule has 0 saturated heterocycles. The summed E-state index contributed by atoms with van der Waals surface area (Å²) in [6, 6.07) is 8.37. The van der Waals surface area contributed by atoms with E-state index in [1.165, 1.54) is 5.56 Å². The van der Waals surface area contributed by atoms with Crippen molar-refractivity contribution in [1.82, 2.24) is 15.8 Å². The molecule has 4 heteroatoms. The highest BCUT2D eigenvalue weighted by Gasteiger charge is 2.16. The fourth-order valence-electron chi connectivity index (χ4n) is 2.60. The maximum Gasteiger partial charge on any atom is 0.269 e. The first-order valence-electron chi connectivity index (χ1n) is 8.37. The average molecular weight is 315 g/mol. The van der Waals surface area contributed by atoms with Crippen LogP contribution in [0.5, 0.6) is 0 Å². The molecule has 126 valence electrons. The van der Waals surface area contributed by atoms with Gasteiger partial charge in [0.25, 0.3) is 5.91 Å². The van der Waals surface area contributed by atoms with E-state index < -0.39 is 0 Å². The summed E-state index contributed by atoms with van der Waals surface area (Å²) >= 11 is 0. The normalized spacial score (nSPS) is 16.2. The Morgan fingerprint density at radius 1 is 1.17 bits per heavy atom. The number of amides is 1. The molecule has 2 N–H and O–H groups in total. The van der Waals surface area contributed by atoms with Crippen molar-refractivity contribution in [3.05, 3.63) is 47.2 Å². The third kappa shape index (κ3) is 4.83. The summed E-state index contributed by atoms with van der Waals surface area (Å²) in [5.74, 6) is -0.0994. The molecule has 1 aromatic rings. The number of hydrogen-bond donors (Lipinski definition) is 2. The van der Waals surface area contributed by atoms with Gasteiger partial charge in [0.2, 0.25) is 0 Å². The topological polar surface area (TPSA) is 44.4 Å². The Balaban J connectivity index is 1.88. The fourth-order valence-corrected chi connectivity index (χ4v) is 2.60. The standard InChI is InChI=1S/C19H29N3O/c1-14(2)22-12-10-17(11-13-22)20-21-18(23)15-6-8-16(9-7-15)19(3,4)5/h6-10,14,20H,11-13H2,1-5H3,(H,21,23). The molecular formula is C19H29N3O. The van der Waals surface area contributed by atoms with Gasteiger partial charge in [-0.25, -0.2) is 0 Å². The van der Waals surface area contributed by atoms with Gasteiger partial charge in [0.1, 0.15) is 0 Å². The highest BCUT2D eigenvalue weighted by molar-refractivity contribution is 5.93. The molecule has 0 saturated carbocycles. The van der Waals surface area contributed by atoms with Crippen LogP contribution in [0, 0.1) is 0 Å². The molecule has 2 rings (SSSR count). The minimum atomic E-state index is -0.0994. The Hall–Kier alpha value is -1.81. The lowest BCUT2D eigenvalue weighted by molar-refractivity contribution is 0.0936. The fraction of sp³-hybridized carbons (Fsp3) is 0.526. The first-order valence-corrected chi connectivity index (χ1v) is 8.37. The molecular weight excluding hydrogens is 286 g/mol. The number of nitrogens with zero attached hydrogens (tertiary/aromatic N) is 1. The van der Waals surface area contributed by atoms with Gasteiger partial charge in [0.05, 0.1) is 0 Å². The van der Waals surface area contributed by atoms with Crippen LogP contribution >= 0.6 is 0 Å². The van der Waals surface area contributed by atoms with Crippen molar-refractivity contribution in [3.8, 4) is 0 Å². The highest BCUT2D eigenvalue weighted by Crippen LogP contribution is 2.22. The van der Waals surface area contributed by atoms with E-state index in [2.05, 4.69) is 56.4 Å². The second-order valence-corrected chi connectivity index (χ2v) is 7.47. The number of benzene rings is 1. The minimum Gasteiger partial charge on any atom is -0.303 e. The van der Waals surface area contributed by atoms with Gasteiger partial charge in [-0.1, -0.05) is 32.9 Å². The third-order valence-electron chi connectivity index (χ3n) is 4.32. The zero-order valence-corrected chi connectivity index (χ0v) is 14.9. The van der Waals surface area contributed by atoms with Crippen molar-refractivity contribution >= 4 is 5.91 Å². The number of hydrogen-bond acceptors (Lipinski definition) is 3.